The standard InChI is InChI=1S/C21H36O6/c1-14(2)7-5-8-15(3)9-6-10-16(4)11-12-26-20-18(24)21(25)27-19(20)17(23)13-22/h11,14-15,17,19,22-24H,5-10,12-13H2,1-4H3. The average molecular weight is 385 g/mol. The fourth-order valence-electron chi connectivity index (χ4n) is 3.08. The van der Waals surface area contributed by atoms with Gasteiger partial charge in [-0.15, -0.1) is 0 Å². The van der Waals surface area contributed by atoms with Crippen LogP contribution in [0.1, 0.15) is 66.2 Å². The van der Waals surface area contributed by atoms with Crippen molar-refractivity contribution in [3.8, 4) is 0 Å². The van der Waals surface area contributed by atoms with E-state index in [1.807, 2.05) is 13.0 Å². The van der Waals surface area contributed by atoms with Crippen molar-refractivity contribution in [3.63, 3.8) is 0 Å². The lowest BCUT2D eigenvalue weighted by Gasteiger charge is -2.17. The van der Waals surface area contributed by atoms with Crippen LogP contribution in [-0.2, 0) is 14.3 Å². The number of carbonyl (C=O) groups is 1. The topological polar surface area (TPSA) is 96.2 Å². The molecule has 0 fully saturated rings. The van der Waals surface area contributed by atoms with Gasteiger partial charge in [-0.25, -0.2) is 4.79 Å². The Bertz CT molecular complexity index is 523. The van der Waals surface area contributed by atoms with Gasteiger partial charge in [0.15, 0.2) is 11.9 Å². The fourth-order valence-corrected chi connectivity index (χ4v) is 3.08. The molecule has 3 N–H and O–H groups in total. The maximum atomic E-state index is 11.4. The molecular formula is C21H36O6. The first-order chi connectivity index (χ1) is 12.8. The summed E-state index contributed by atoms with van der Waals surface area (Å²) in [5.74, 6) is -0.208. The molecular weight excluding hydrogens is 348 g/mol. The zero-order valence-corrected chi connectivity index (χ0v) is 17.1. The minimum atomic E-state index is -1.32. The maximum absolute atomic E-state index is 11.4. The van der Waals surface area contributed by atoms with Crippen LogP contribution in [0.2, 0.25) is 0 Å². The lowest BCUT2D eigenvalue weighted by Crippen LogP contribution is -2.32. The van der Waals surface area contributed by atoms with Gasteiger partial charge in [-0.2, -0.15) is 0 Å². The number of hydrogen-bond acceptors (Lipinski definition) is 6. The van der Waals surface area contributed by atoms with Gasteiger partial charge < -0.3 is 24.8 Å². The van der Waals surface area contributed by atoms with E-state index in [2.05, 4.69) is 20.8 Å². The summed E-state index contributed by atoms with van der Waals surface area (Å²) in [7, 11) is 0. The van der Waals surface area contributed by atoms with Crippen LogP contribution in [0.15, 0.2) is 23.2 Å². The Kier molecular flexibility index (Phi) is 10.5. The number of hydrogen-bond donors (Lipinski definition) is 3. The molecule has 0 aromatic rings. The van der Waals surface area contributed by atoms with Gasteiger partial charge in [0.1, 0.15) is 12.7 Å². The molecule has 0 aromatic carbocycles. The summed E-state index contributed by atoms with van der Waals surface area (Å²) in [6.07, 6.45) is 6.56. The maximum Gasteiger partial charge on any atom is 0.378 e. The van der Waals surface area contributed by atoms with Gasteiger partial charge in [-0.1, -0.05) is 52.0 Å². The molecule has 0 radical (unpaired) electrons. The largest absolute Gasteiger partial charge is 0.499 e. The SMILES string of the molecule is CC(=CCOC1=C(O)C(=O)OC1C(O)CO)CCCC(C)CCCC(C)C. The molecule has 6 nitrogen and oxygen atoms in total. The molecule has 156 valence electrons. The summed E-state index contributed by atoms with van der Waals surface area (Å²) in [4.78, 5) is 11.4. The van der Waals surface area contributed by atoms with Crippen molar-refractivity contribution in [1.82, 2.24) is 0 Å². The highest BCUT2D eigenvalue weighted by Gasteiger charge is 2.40. The summed E-state index contributed by atoms with van der Waals surface area (Å²) in [5.41, 5.74) is 1.17. The van der Waals surface area contributed by atoms with Crippen LogP contribution >= 0.6 is 0 Å². The number of esters is 1. The first-order valence-electron chi connectivity index (χ1n) is 9.97. The van der Waals surface area contributed by atoms with Crippen LogP contribution in [0, 0.1) is 11.8 Å². The predicted octanol–water partition coefficient (Wildman–Crippen LogP) is 3.63. The first-order valence-corrected chi connectivity index (χ1v) is 9.97. The molecule has 1 aliphatic rings. The first kappa shape index (κ1) is 23.5. The van der Waals surface area contributed by atoms with E-state index in [-0.39, 0.29) is 12.4 Å². The van der Waals surface area contributed by atoms with Crippen molar-refractivity contribution < 1.29 is 29.6 Å². The Labute approximate surface area is 162 Å². The highest BCUT2D eigenvalue weighted by Crippen LogP contribution is 2.25. The second-order valence-electron chi connectivity index (χ2n) is 7.97. The van der Waals surface area contributed by atoms with Gasteiger partial charge in [0.25, 0.3) is 0 Å². The molecule has 6 heteroatoms. The van der Waals surface area contributed by atoms with Crippen LogP contribution in [0.4, 0.5) is 0 Å². The van der Waals surface area contributed by atoms with Crippen molar-refractivity contribution >= 4 is 5.97 Å². The van der Waals surface area contributed by atoms with Gasteiger partial charge in [-0.3, -0.25) is 0 Å². The third-order valence-corrected chi connectivity index (χ3v) is 4.87. The van der Waals surface area contributed by atoms with Crippen molar-refractivity contribution in [2.24, 2.45) is 11.8 Å². The smallest absolute Gasteiger partial charge is 0.378 e. The monoisotopic (exact) mass is 384 g/mol. The van der Waals surface area contributed by atoms with Crippen molar-refractivity contribution in [2.45, 2.75) is 78.4 Å². The molecule has 0 saturated carbocycles. The van der Waals surface area contributed by atoms with Gasteiger partial charge in [-0.05, 0) is 37.7 Å². The van der Waals surface area contributed by atoms with Crippen LogP contribution in [0.3, 0.4) is 0 Å². The van der Waals surface area contributed by atoms with Crippen molar-refractivity contribution in [3.05, 3.63) is 23.2 Å². The normalized spacial score (nSPS) is 20.2. The number of carbonyl (C=O) groups excluding carboxylic acids is 1. The summed E-state index contributed by atoms with van der Waals surface area (Å²) in [5, 5.41) is 28.4. The molecule has 0 spiro atoms. The Morgan fingerprint density at radius 1 is 1.22 bits per heavy atom. The number of ether oxygens (including phenoxy) is 2. The van der Waals surface area contributed by atoms with Crippen molar-refractivity contribution in [2.75, 3.05) is 13.2 Å². The van der Waals surface area contributed by atoms with Gasteiger partial charge in [0.05, 0.1) is 6.61 Å². The van der Waals surface area contributed by atoms with E-state index in [4.69, 9.17) is 14.6 Å². The molecule has 0 aliphatic carbocycles. The van der Waals surface area contributed by atoms with E-state index in [1.165, 1.54) is 31.3 Å². The molecule has 1 aliphatic heterocycles. The highest BCUT2D eigenvalue weighted by atomic mass is 16.6. The lowest BCUT2D eigenvalue weighted by molar-refractivity contribution is -0.148. The van der Waals surface area contributed by atoms with E-state index >= 15 is 0 Å². The Hall–Kier alpha value is -1.53. The predicted molar refractivity (Wildman–Crippen MR) is 104 cm³/mol. The quantitative estimate of drug-likeness (QED) is 0.331. The number of aliphatic hydroxyl groups is 3. The van der Waals surface area contributed by atoms with E-state index in [9.17, 15) is 15.0 Å². The Balaban J connectivity index is 2.34. The van der Waals surface area contributed by atoms with Crippen LogP contribution in [0.5, 0.6) is 0 Å². The number of aliphatic hydroxyl groups excluding tert-OH is 3. The van der Waals surface area contributed by atoms with E-state index in [1.54, 1.807) is 0 Å². The minimum absolute atomic E-state index is 0.121. The minimum Gasteiger partial charge on any atom is -0.499 e. The third-order valence-electron chi connectivity index (χ3n) is 4.87. The zero-order chi connectivity index (χ0) is 20.4. The molecule has 27 heavy (non-hydrogen) atoms. The summed E-state index contributed by atoms with van der Waals surface area (Å²) < 4.78 is 10.2. The van der Waals surface area contributed by atoms with E-state index in [0.717, 1.165) is 24.7 Å². The second kappa shape index (κ2) is 12.0. The summed E-state index contributed by atoms with van der Waals surface area (Å²) >= 11 is 0. The molecule has 3 atom stereocenters. The fraction of sp³-hybridized carbons (Fsp3) is 0.762. The number of allylic oxidation sites excluding steroid dienone is 1. The molecule has 0 saturated heterocycles. The van der Waals surface area contributed by atoms with Gasteiger partial charge in [0.2, 0.25) is 5.76 Å². The highest BCUT2D eigenvalue weighted by molar-refractivity contribution is 5.89. The second-order valence-corrected chi connectivity index (χ2v) is 7.97. The molecule has 0 amide bonds. The van der Waals surface area contributed by atoms with Crippen molar-refractivity contribution in [1.29, 1.82) is 0 Å². The van der Waals surface area contributed by atoms with Crippen LogP contribution in [-0.4, -0.2) is 46.7 Å². The molecule has 3 unspecified atom stereocenters. The lowest BCUT2D eigenvalue weighted by atomic mass is 9.94. The summed E-state index contributed by atoms with van der Waals surface area (Å²) in [6, 6.07) is 0. The molecule has 0 bridgehead atoms. The average Bonchev–Trinajstić information content (AvgIpc) is 2.89. The van der Waals surface area contributed by atoms with Gasteiger partial charge >= 0.3 is 5.97 Å². The molecule has 1 rings (SSSR count). The van der Waals surface area contributed by atoms with Gasteiger partial charge in [0, 0.05) is 0 Å². The number of rotatable bonds is 13. The Morgan fingerprint density at radius 2 is 1.89 bits per heavy atom. The van der Waals surface area contributed by atoms with Crippen LogP contribution in [0.25, 0.3) is 0 Å². The third kappa shape index (κ3) is 8.35. The zero-order valence-electron chi connectivity index (χ0n) is 17.1. The molecule has 1 heterocycles. The van der Waals surface area contributed by atoms with Crippen LogP contribution < -0.4 is 0 Å². The number of cyclic esters (lactones) is 1. The Morgan fingerprint density at radius 3 is 2.52 bits per heavy atom. The molecule has 0 aromatic heterocycles. The van der Waals surface area contributed by atoms with E-state index in [0.29, 0.717) is 0 Å². The summed E-state index contributed by atoms with van der Waals surface area (Å²) in [6.45, 7) is 8.43. The van der Waals surface area contributed by atoms with E-state index < -0.39 is 30.5 Å².